The third-order valence-corrected chi connectivity index (χ3v) is 2.35. The predicted molar refractivity (Wildman–Crippen MR) is 69.6 cm³/mol. The predicted octanol–water partition coefficient (Wildman–Crippen LogP) is 2.77. The number of hydrogen-bond donors (Lipinski definition) is 0. The van der Waals surface area contributed by atoms with Gasteiger partial charge in [0.25, 0.3) is 5.91 Å². The van der Waals surface area contributed by atoms with Crippen molar-refractivity contribution in [2.24, 2.45) is 0 Å². The summed E-state index contributed by atoms with van der Waals surface area (Å²) in [5.41, 5.74) is 0.660. The zero-order chi connectivity index (χ0) is 13.5. The molecule has 1 aromatic carbocycles. The van der Waals surface area contributed by atoms with Crippen molar-refractivity contribution >= 4 is 41.0 Å². The molecule has 0 radical (unpaired) electrons. The zero-order valence-electron chi connectivity index (χ0n) is 9.60. The number of esters is 1. The fraction of sp³-hybridized carbons (Fsp3) is 0.167. The van der Waals surface area contributed by atoms with E-state index in [2.05, 4.69) is 0 Å². The first-order valence-corrected chi connectivity index (χ1v) is 5.83. The highest BCUT2D eigenvalue weighted by Gasteiger charge is 2.16. The van der Waals surface area contributed by atoms with Crippen LogP contribution in [0.4, 0.5) is 0 Å². The van der Waals surface area contributed by atoms with Gasteiger partial charge in [0.1, 0.15) is 0 Å². The first-order valence-electron chi connectivity index (χ1n) is 5.16. The van der Waals surface area contributed by atoms with Gasteiger partial charge in [-0.1, -0.05) is 30.3 Å². The number of rotatable bonds is 4. The van der Waals surface area contributed by atoms with E-state index in [0.717, 1.165) is 6.08 Å². The van der Waals surface area contributed by atoms with Gasteiger partial charge in [0.05, 0.1) is 12.2 Å². The Morgan fingerprint density at radius 1 is 1.28 bits per heavy atom. The van der Waals surface area contributed by atoms with E-state index < -0.39 is 11.9 Å². The fourth-order valence-electron chi connectivity index (χ4n) is 1.26. The SMILES string of the molecule is CCOC(=O)/C(=C\C(=O)N(Cl)Cl)c1ccccc1. The summed E-state index contributed by atoms with van der Waals surface area (Å²) in [6.07, 6.45) is 1.04. The van der Waals surface area contributed by atoms with Gasteiger partial charge in [-0.05, 0) is 12.5 Å². The number of ether oxygens (including phenoxy) is 1. The Hall–Kier alpha value is -1.52. The van der Waals surface area contributed by atoms with Crippen molar-refractivity contribution in [3.63, 3.8) is 0 Å². The molecule has 0 heterocycles. The van der Waals surface area contributed by atoms with Crippen LogP contribution in [0.15, 0.2) is 36.4 Å². The number of benzene rings is 1. The summed E-state index contributed by atoms with van der Waals surface area (Å²) in [5.74, 6) is -1.32. The van der Waals surface area contributed by atoms with Crippen LogP contribution in [-0.4, -0.2) is 22.4 Å². The Balaban J connectivity index is 3.11. The minimum absolute atomic E-state index is 0.105. The summed E-state index contributed by atoms with van der Waals surface area (Å²) in [7, 11) is 0. The molecule has 1 aromatic rings. The van der Waals surface area contributed by atoms with Crippen LogP contribution >= 0.6 is 23.6 Å². The van der Waals surface area contributed by atoms with Gasteiger partial charge in [0.2, 0.25) is 0 Å². The maximum Gasteiger partial charge on any atom is 0.338 e. The number of nitrogens with zero attached hydrogens (tertiary/aromatic N) is 1. The van der Waals surface area contributed by atoms with Crippen molar-refractivity contribution in [3.05, 3.63) is 42.0 Å². The van der Waals surface area contributed by atoms with Crippen molar-refractivity contribution in [1.82, 2.24) is 3.94 Å². The lowest BCUT2D eigenvalue weighted by atomic mass is 10.1. The second-order valence-electron chi connectivity index (χ2n) is 3.22. The third kappa shape index (κ3) is 4.05. The minimum atomic E-state index is -0.717. The molecular weight excluding hydrogens is 277 g/mol. The molecule has 0 fully saturated rings. The molecule has 0 saturated carbocycles. The van der Waals surface area contributed by atoms with Crippen LogP contribution in [0.1, 0.15) is 12.5 Å². The van der Waals surface area contributed by atoms with Crippen molar-refractivity contribution in [3.8, 4) is 0 Å². The van der Waals surface area contributed by atoms with Gasteiger partial charge in [-0.25, -0.2) is 4.79 Å². The molecule has 1 amide bonds. The molecule has 4 nitrogen and oxygen atoms in total. The van der Waals surface area contributed by atoms with E-state index >= 15 is 0 Å². The van der Waals surface area contributed by atoms with Crippen molar-refractivity contribution in [2.45, 2.75) is 6.92 Å². The fourth-order valence-corrected chi connectivity index (χ4v) is 1.36. The van der Waals surface area contributed by atoms with Gasteiger partial charge in [-0.3, -0.25) is 4.79 Å². The van der Waals surface area contributed by atoms with Crippen molar-refractivity contribution in [2.75, 3.05) is 6.61 Å². The lowest BCUT2D eigenvalue weighted by Gasteiger charge is -2.07. The lowest BCUT2D eigenvalue weighted by Crippen LogP contribution is -2.13. The molecule has 0 N–H and O–H groups in total. The largest absolute Gasteiger partial charge is 0.462 e. The van der Waals surface area contributed by atoms with Gasteiger partial charge >= 0.3 is 5.97 Å². The maximum absolute atomic E-state index is 11.8. The quantitative estimate of drug-likeness (QED) is 0.486. The molecule has 96 valence electrons. The maximum atomic E-state index is 11.8. The van der Waals surface area contributed by atoms with E-state index in [1.54, 1.807) is 37.3 Å². The first-order chi connectivity index (χ1) is 8.56. The summed E-state index contributed by atoms with van der Waals surface area (Å²) < 4.78 is 5.22. The molecule has 0 aliphatic rings. The van der Waals surface area contributed by atoms with Crippen molar-refractivity contribution in [1.29, 1.82) is 0 Å². The Kier molecular flexibility index (Phi) is 5.68. The summed E-state index contributed by atoms with van der Waals surface area (Å²) in [6, 6.07) is 8.65. The number of amides is 1. The molecule has 6 heteroatoms. The van der Waals surface area contributed by atoms with Crippen LogP contribution < -0.4 is 0 Å². The molecular formula is C12H11Cl2NO3. The molecule has 0 saturated heterocycles. The van der Waals surface area contributed by atoms with E-state index in [1.165, 1.54) is 0 Å². The number of halogens is 2. The number of carbonyl (C=O) groups is 2. The lowest BCUT2D eigenvalue weighted by molar-refractivity contribution is -0.136. The Morgan fingerprint density at radius 2 is 1.89 bits per heavy atom. The van der Waals surface area contributed by atoms with Gasteiger partial charge < -0.3 is 4.74 Å². The van der Waals surface area contributed by atoms with E-state index in [-0.39, 0.29) is 12.2 Å². The monoisotopic (exact) mass is 287 g/mol. The Bertz CT molecular complexity index is 458. The van der Waals surface area contributed by atoms with Crippen LogP contribution in [0.5, 0.6) is 0 Å². The highest BCUT2D eigenvalue weighted by atomic mass is 35.5. The average Bonchev–Trinajstić information content (AvgIpc) is 2.36. The number of hydrogen-bond acceptors (Lipinski definition) is 3. The van der Waals surface area contributed by atoms with Crippen LogP contribution in [-0.2, 0) is 14.3 Å². The molecule has 0 spiro atoms. The Morgan fingerprint density at radius 3 is 2.39 bits per heavy atom. The minimum Gasteiger partial charge on any atom is -0.462 e. The molecule has 0 aliphatic heterocycles. The highest BCUT2D eigenvalue weighted by molar-refractivity contribution is 6.43. The van der Waals surface area contributed by atoms with E-state index in [9.17, 15) is 9.59 Å². The standard InChI is InChI=1S/C12H11Cl2NO3/c1-2-18-12(17)10(8-11(16)15(13)14)9-6-4-3-5-7-9/h3-8H,2H2,1H3/b10-8-. The Labute approximate surface area is 115 Å². The zero-order valence-corrected chi connectivity index (χ0v) is 11.1. The van der Waals surface area contributed by atoms with Crippen LogP contribution in [0.25, 0.3) is 5.57 Å². The summed E-state index contributed by atoms with van der Waals surface area (Å²) in [6.45, 7) is 1.89. The second-order valence-corrected chi connectivity index (χ2v) is 4.06. The number of carbonyl (C=O) groups excluding carboxylic acids is 2. The van der Waals surface area contributed by atoms with E-state index in [0.29, 0.717) is 9.50 Å². The summed E-state index contributed by atoms with van der Waals surface area (Å²) in [4.78, 5) is 23.2. The average molecular weight is 288 g/mol. The molecule has 1 rings (SSSR count). The van der Waals surface area contributed by atoms with Crippen LogP contribution in [0.2, 0.25) is 0 Å². The van der Waals surface area contributed by atoms with Gasteiger partial charge in [0.15, 0.2) is 0 Å². The van der Waals surface area contributed by atoms with Gasteiger partial charge in [-0.15, -0.1) is 0 Å². The van der Waals surface area contributed by atoms with Crippen molar-refractivity contribution < 1.29 is 14.3 Å². The highest BCUT2D eigenvalue weighted by Crippen LogP contribution is 2.17. The van der Waals surface area contributed by atoms with E-state index in [4.69, 9.17) is 28.3 Å². The van der Waals surface area contributed by atoms with Crippen LogP contribution in [0, 0.1) is 0 Å². The van der Waals surface area contributed by atoms with E-state index in [1.807, 2.05) is 0 Å². The topological polar surface area (TPSA) is 46.6 Å². The van der Waals surface area contributed by atoms with Gasteiger partial charge in [0, 0.05) is 29.6 Å². The molecule has 18 heavy (non-hydrogen) atoms. The summed E-state index contributed by atoms with van der Waals surface area (Å²) >= 11 is 10.6. The van der Waals surface area contributed by atoms with Crippen LogP contribution in [0.3, 0.4) is 0 Å². The third-order valence-electron chi connectivity index (χ3n) is 2.01. The first kappa shape index (κ1) is 14.5. The normalized spacial score (nSPS) is 10.9. The van der Waals surface area contributed by atoms with Gasteiger partial charge in [-0.2, -0.15) is 3.94 Å². The molecule has 0 aliphatic carbocycles. The smallest absolute Gasteiger partial charge is 0.338 e. The summed E-state index contributed by atoms with van der Waals surface area (Å²) in [5, 5.41) is 0. The molecule has 0 bridgehead atoms. The second kappa shape index (κ2) is 7.03. The molecule has 0 atom stereocenters. The molecule has 0 aromatic heterocycles. The molecule has 0 unspecified atom stereocenters.